The first kappa shape index (κ1) is 28.5. The fraction of sp³-hybridized carbons (Fsp3) is 0. The van der Waals surface area contributed by atoms with Gasteiger partial charge in [-0.1, -0.05) is 60.4 Å². The van der Waals surface area contributed by atoms with E-state index in [9.17, 15) is 29.4 Å². The quantitative estimate of drug-likeness (QED) is 0.239. The Balaban J connectivity index is 0.000000220. The molecule has 0 heterocycles. The third kappa shape index (κ3) is 6.05. The van der Waals surface area contributed by atoms with Gasteiger partial charge in [0.1, 0.15) is 0 Å². The van der Waals surface area contributed by atoms with Gasteiger partial charge in [-0.15, -0.1) is 12.8 Å². The number of benzene rings is 4. The van der Waals surface area contributed by atoms with Gasteiger partial charge in [0, 0.05) is 11.1 Å². The fourth-order valence-electron chi connectivity index (χ4n) is 3.96. The van der Waals surface area contributed by atoms with Crippen LogP contribution in [0.25, 0.3) is 22.3 Å². The molecule has 0 radical (unpaired) electrons. The van der Waals surface area contributed by atoms with Gasteiger partial charge in [0.25, 0.3) is 0 Å². The van der Waals surface area contributed by atoms with E-state index in [1.54, 1.807) is 54.6 Å². The first-order valence-electron chi connectivity index (χ1n) is 11.4. The number of hydrogen-bond donors (Lipinski definition) is 4. The molecule has 0 aliphatic carbocycles. The Bertz CT molecular complexity index is 1680. The Morgan fingerprint density at radius 3 is 1.48 bits per heavy atom. The maximum Gasteiger partial charge on any atom is 0.337 e. The molecule has 0 bridgehead atoms. The van der Waals surface area contributed by atoms with Crippen LogP contribution in [0.15, 0.2) is 84.9 Å². The highest BCUT2D eigenvalue weighted by Crippen LogP contribution is 2.30. The smallest absolute Gasteiger partial charge is 0.337 e. The summed E-state index contributed by atoms with van der Waals surface area (Å²) in [7, 11) is 0. The molecule has 0 amide bonds. The summed E-state index contributed by atoms with van der Waals surface area (Å²) >= 11 is 0. The van der Waals surface area contributed by atoms with Crippen LogP contribution in [0, 0.1) is 24.7 Å². The lowest BCUT2D eigenvalue weighted by Crippen LogP contribution is -2.10. The van der Waals surface area contributed by atoms with Gasteiger partial charge in [-0.2, -0.15) is 0 Å². The van der Waals surface area contributed by atoms with Crippen molar-refractivity contribution < 1.29 is 39.6 Å². The van der Waals surface area contributed by atoms with Gasteiger partial charge in [0.2, 0.25) is 0 Å². The molecule has 8 nitrogen and oxygen atoms in total. The van der Waals surface area contributed by atoms with Crippen LogP contribution in [0.4, 0.5) is 0 Å². The number of hydrogen-bond acceptors (Lipinski definition) is 4. The van der Waals surface area contributed by atoms with Gasteiger partial charge >= 0.3 is 23.9 Å². The molecule has 4 aromatic rings. The van der Waals surface area contributed by atoms with Crippen LogP contribution in [-0.4, -0.2) is 44.3 Å². The molecule has 0 fully saturated rings. The second-order valence-corrected chi connectivity index (χ2v) is 8.09. The van der Waals surface area contributed by atoms with E-state index in [2.05, 4.69) is 11.8 Å². The molecule has 0 atom stereocenters. The maximum atomic E-state index is 11.4. The number of aromatic carboxylic acids is 4. The summed E-state index contributed by atoms with van der Waals surface area (Å²) in [6, 6.07) is 21.8. The normalized spacial score (nSPS) is 9.75. The van der Waals surface area contributed by atoms with E-state index in [4.69, 9.17) is 23.1 Å². The van der Waals surface area contributed by atoms with Crippen LogP contribution < -0.4 is 0 Å². The van der Waals surface area contributed by atoms with E-state index in [1.165, 1.54) is 30.3 Å². The summed E-state index contributed by atoms with van der Waals surface area (Å²) in [5.74, 6) is 0.0874. The van der Waals surface area contributed by atoms with E-state index in [1.807, 2.05) is 0 Å². The summed E-state index contributed by atoms with van der Waals surface area (Å²) < 4.78 is 0. The Kier molecular flexibility index (Phi) is 8.83. The molecule has 0 aliphatic rings. The van der Waals surface area contributed by atoms with Crippen LogP contribution in [0.1, 0.15) is 52.6 Å². The largest absolute Gasteiger partial charge is 0.478 e. The minimum Gasteiger partial charge on any atom is -0.478 e. The van der Waals surface area contributed by atoms with Crippen molar-refractivity contribution in [3.05, 3.63) is 118 Å². The molecule has 4 rings (SSSR count). The van der Waals surface area contributed by atoms with Crippen LogP contribution in [0.5, 0.6) is 0 Å². The predicted octanol–water partition coefficient (Wildman–Crippen LogP) is 5.46. The number of carboxylic acids is 4. The van der Waals surface area contributed by atoms with Crippen LogP contribution in [-0.2, 0) is 0 Å². The zero-order valence-corrected chi connectivity index (χ0v) is 20.7. The average molecular weight is 533 g/mol. The van der Waals surface area contributed by atoms with Crippen molar-refractivity contribution in [1.82, 2.24) is 0 Å². The number of rotatable bonds is 6. The van der Waals surface area contributed by atoms with Gasteiger partial charge in [0.15, 0.2) is 0 Å². The van der Waals surface area contributed by atoms with E-state index in [-0.39, 0.29) is 22.3 Å². The fourth-order valence-corrected chi connectivity index (χ4v) is 3.96. The minimum absolute atomic E-state index is 0.0109. The topological polar surface area (TPSA) is 149 Å². The molecule has 4 aromatic carbocycles. The average Bonchev–Trinajstić information content (AvgIpc) is 2.96. The molecule has 8 heteroatoms. The lowest BCUT2D eigenvalue weighted by atomic mass is 9.92. The third-order valence-electron chi connectivity index (χ3n) is 5.75. The molecule has 196 valence electrons. The van der Waals surface area contributed by atoms with Crippen molar-refractivity contribution in [3.63, 3.8) is 0 Å². The van der Waals surface area contributed by atoms with Crippen LogP contribution in [0.3, 0.4) is 0 Å². The van der Waals surface area contributed by atoms with Gasteiger partial charge in [-0.25, -0.2) is 19.2 Å². The molecule has 0 saturated heterocycles. The van der Waals surface area contributed by atoms with E-state index >= 15 is 0 Å². The number of terminal acetylenes is 2. The molecule has 0 aromatic heterocycles. The van der Waals surface area contributed by atoms with Crippen LogP contribution >= 0.6 is 0 Å². The molecular formula is C32H20O8. The predicted molar refractivity (Wildman–Crippen MR) is 147 cm³/mol. The van der Waals surface area contributed by atoms with Crippen molar-refractivity contribution in [2.75, 3.05) is 0 Å². The maximum absolute atomic E-state index is 11.4. The van der Waals surface area contributed by atoms with Crippen molar-refractivity contribution in [2.24, 2.45) is 0 Å². The highest BCUT2D eigenvalue weighted by atomic mass is 16.4. The molecule has 4 N–H and O–H groups in total. The molecule has 0 unspecified atom stereocenters. The van der Waals surface area contributed by atoms with Gasteiger partial charge in [-0.05, 0) is 58.7 Å². The number of carboxylic acid groups (broad SMARTS) is 4. The second kappa shape index (κ2) is 12.4. The van der Waals surface area contributed by atoms with Crippen molar-refractivity contribution in [2.45, 2.75) is 0 Å². The van der Waals surface area contributed by atoms with Gasteiger partial charge in [0.05, 0.1) is 22.3 Å². The van der Waals surface area contributed by atoms with E-state index < -0.39 is 23.9 Å². The Morgan fingerprint density at radius 1 is 0.500 bits per heavy atom. The number of carbonyl (C=O) groups is 4. The molecule has 40 heavy (non-hydrogen) atoms. The molecule has 0 aliphatic heterocycles. The van der Waals surface area contributed by atoms with E-state index in [0.29, 0.717) is 33.4 Å². The molecule has 0 saturated carbocycles. The molecule has 0 spiro atoms. The Morgan fingerprint density at radius 2 is 1.00 bits per heavy atom. The lowest BCUT2D eigenvalue weighted by molar-refractivity contribution is 0.0652. The highest BCUT2D eigenvalue weighted by molar-refractivity contribution is 6.07. The SMILES string of the molecule is C#Cc1ccccc1-c1cc(C(=O)O)ccc1C(=O)O.C#Cc1ccccc1-c1cccc(C(=O)O)c1C(=O)O. The van der Waals surface area contributed by atoms with Crippen molar-refractivity contribution in [1.29, 1.82) is 0 Å². The summed E-state index contributed by atoms with van der Waals surface area (Å²) in [6.07, 6.45) is 10.8. The molecular weight excluding hydrogens is 512 g/mol. The third-order valence-corrected chi connectivity index (χ3v) is 5.75. The zero-order chi connectivity index (χ0) is 29.4. The van der Waals surface area contributed by atoms with Gasteiger partial charge in [-0.3, -0.25) is 0 Å². The first-order valence-corrected chi connectivity index (χ1v) is 11.4. The monoisotopic (exact) mass is 532 g/mol. The summed E-state index contributed by atoms with van der Waals surface area (Å²) in [6.45, 7) is 0. The van der Waals surface area contributed by atoms with E-state index in [0.717, 1.165) is 0 Å². The minimum atomic E-state index is -1.30. The van der Waals surface area contributed by atoms with Crippen molar-refractivity contribution in [3.8, 4) is 46.9 Å². The first-order chi connectivity index (χ1) is 19.1. The lowest BCUT2D eigenvalue weighted by Gasteiger charge is -2.11. The summed E-state index contributed by atoms with van der Waals surface area (Å²) in [4.78, 5) is 44.9. The van der Waals surface area contributed by atoms with Gasteiger partial charge < -0.3 is 20.4 Å². The Labute approximate surface area is 228 Å². The second-order valence-electron chi connectivity index (χ2n) is 8.09. The standard InChI is InChI=1S/2C16H10O4/c1-2-10-6-3-4-7-11(10)12-8-5-9-13(15(17)18)14(12)16(19)20;1-2-10-5-3-4-6-12(10)14-9-11(15(17)18)7-8-13(14)16(19)20/h2*1,3-9H,(H,17,18)(H,19,20). The zero-order valence-electron chi connectivity index (χ0n) is 20.7. The van der Waals surface area contributed by atoms with Crippen molar-refractivity contribution >= 4 is 23.9 Å². The Hall–Kier alpha value is -6.12. The summed E-state index contributed by atoms with van der Waals surface area (Å²) in [5, 5.41) is 36.7. The highest BCUT2D eigenvalue weighted by Gasteiger charge is 2.21. The van der Waals surface area contributed by atoms with Crippen LogP contribution in [0.2, 0.25) is 0 Å². The summed E-state index contributed by atoms with van der Waals surface area (Å²) in [5.41, 5.74) is 2.16.